The maximum Gasteiger partial charge on any atom is 0.573 e. The number of halogens is 3. The second kappa shape index (κ2) is 10.0. The van der Waals surface area contributed by atoms with Gasteiger partial charge in [0.25, 0.3) is 5.56 Å². The maximum atomic E-state index is 13.7. The van der Waals surface area contributed by atoms with Gasteiger partial charge in [0.15, 0.2) is 0 Å². The predicted molar refractivity (Wildman–Crippen MR) is 132 cm³/mol. The second-order valence-corrected chi connectivity index (χ2v) is 9.94. The van der Waals surface area contributed by atoms with Crippen LogP contribution in [-0.2, 0) is 6.54 Å². The number of ether oxygens (including phenoxy) is 1. The molecule has 2 heterocycles. The first-order valence-corrected chi connectivity index (χ1v) is 12.2. The van der Waals surface area contributed by atoms with Crippen molar-refractivity contribution in [2.45, 2.75) is 65.4 Å². The molecule has 2 aromatic carbocycles. The standard InChI is InChI=1S/C27H32F3N3O2/c1-17(2)25-31-24-12-9-21(20-7-10-22(11-8-20)35-27(28,29)30)14-23(24)26(34)33(25)16-19-6-5-13-32(15-19)18(3)4/h7-12,14,17-19H,5-6,13,15-16H2,1-4H3/t19-/m0/s1. The van der Waals surface area contributed by atoms with Crippen molar-refractivity contribution < 1.29 is 17.9 Å². The van der Waals surface area contributed by atoms with Crippen molar-refractivity contribution in [2.75, 3.05) is 13.1 Å². The van der Waals surface area contributed by atoms with E-state index in [1.54, 1.807) is 18.2 Å². The number of aromatic nitrogens is 2. The largest absolute Gasteiger partial charge is 0.573 e. The van der Waals surface area contributed by atoms with Gasteiger partial charge in [0.2, 0.25) is 0 Å². The zero-order valence-electron chi connectivity index (χ0n) is 20.6. The van der Waals surface area contributed by atoms with E-state index in [2.05, 4.69) is 23.5 Å². The Bertz CT molecular complexity index is 1230. The van der Waals surface area contributed by atoms with Crippen LogP contribution in [0.4, 0.5) is 13.2 Å². The first-order valence-electron chi connectivity index (χ1n) is 12.2. The van der Waals surface area contributed by atoms with Crippen LogP contribution in [0.15, 0.2) is 47.3 Å². The summed E-state index contributed by atoms with van der Waals surface area (Å²) >= 11 is 0. The van der Waals surface area contributed by atoms with Crippen molar-refractivity contribution in [1.29, 1.82) is 0 Å². The van der Waals surface area contributed by atoms with Crippen LogP contribution in [0.2, 0.25) is 0 Å². The molecule has 0 radical (unpaired) electrons. The van der Waals surface area contributed by atoms with Gasteiger partial charge >= 0.3 is 6.36 Å². The summed E-state index contributed by atoms with van der Waals surface area (Å²) in [4.78, 5) is 21.0. The van der Waals surface area contributed by atoms with E-state index in [-0.39, 0.29) is 17.2 Å². The van der Waals surface area contributed by atoms with Gasteiger partial charge < -0.3 is 9.64 Å². The molecule has 0 bridgehead atoms. The highest BCUT2D eigenvalue weighted by Crippen LogP contribution is 2.28. The number of alkyl halides is 3. The van der Waals surface area contributed by atoms with Crippen molar-refractivity contribution in [3.05, 3.63) is 58.6 Å². The van der Waals surface area contributed by atoms with Crippen LogP contribution in [-0.4, -0.2) is 39.9 Å². The lowest BCUT2D eigenvalue weighted by Gasteiger charge is -2.36. The number of likely N-dealkylation sites (tertiary alicyclic amines) is 1. The lowest BCUT2D eigenvalue weighted by Crippen LogP contribution is -2.42. The Kier molecular flexibility index (Phi) is 7.22. The highest BCUT2D eigenvalue weighted by atomic mass is 19.4. The molecule has 1 atom stereocenters. The molecule has 1 fully saturated rings. The number of piperidine rings is 1. The topological polar surface area (TPSA) is 47.4 Å². The normalized spacial score (nSPS) is 17.5. The summed E-state index contributed by atoms with van der Waals surface area (Å²) in [5.41, 5.74) is 1.99. The van der Waals surface area contributed by atoms with E-state index in [1.165, 1.54) is 12.1 Å². The van der Waals surface area contributed by atoms with Crippen LogP contribution in [0.5, 0.6) is 5.75 Å². The number of hydrogen-bond acceptors (Lipinski definition) is 4. The molecule has 5 nitrogen and oxygen atoms in total. The molecule has 188 valence electrons. The summed E-state index contributed by atoms with van der Waals surface area (Å²) in [6.45, 7) is 11.2. The fourth-order valence-electron chi connectivity index (χ4n) is 4.86. The third-order valence-electron chi connectivity index (χ3n) is 6.64. The van der Waals surface area contributed by atoms with E-state index >= 15 is 0 Å². The summed E-state index contributed by atoms with van der Waals surface area (Å²) < 4.78 is 43.2. The Hall–Kier alpha value is -2.87. The van der Waals surface area contributed by atoms with Crippen molar-refractivity contribution >= 4 is 10.9 Å². The summed E-state index contributed by atoms with van der Waals surface area (Å²) in [6, 6.07) is 11.6. The molecule has 0 saturated carbocycles. The minimum Gasteiger partial charge on any atom is -0.406 e. The molecular weight excluding hydrogens is 455 g/mol. The van der Waals surface area contributed by atoms with Crippen molar-refractivity contribution in [1.82, 2.24) is 14.5 Å². The number of nitrogens with zero attached hydrogens (tertiary/aromatic N) is 3. The van der Waals surface area contributed by atoms with Crippen molar-refractivity contribution in [3.63, 3.8) is 0 Å². The van der Waals surface area contributed by atoms with Crippen LogP contribution in [0.1, 0.15) is 52.3 Å². The molecule has 1 saturated heterocycles. The second-order valence-electron chi connectivity index (χ2n) is 9.94. The predicted octanol–water partition coefficient (Wildman–Crippen LogP) is 6.21. The molecule has 35 heavy (non-hydrogen) atoms. The molecule has 4 rings (SSSR count). The lowest BCUT2D eigenvalue weighted by atomic mass is 9.96. The molecule has 0 amide bonds. The van der Waals surface area contributed by atoms with E-state index in [0.717, 1.165) is 37.3 Å². The van der Waals surface area contributed by atoms with Crippen molar-refractivity contribution in [3.8, 4) is 16.9 Å². The first-order chi connectivity index (χ1) is 16.5. The van der Waals surface area contributed by atoms with Crippen LogP contribution in [0.3, 0.4) is 0 Å². The molecule has 1 aromatic heterocycles. The number of rotatable bonds is 6. The molecular formula is C27H32F3N3O2. The summed E-state index contributed by atoms with van der Waals surface area (Å²) in [7, 11) is 0. The zero-order valence-corrected chi connectivity index (χ0v) is 20.6. The molecule has 0 spiro atoms. The average Bonchev–Trinajstić information content (AvgIpc) is 2.80. The first kappa shape index (κ1) is 25.2. The number of hydrogen-bond donors (Lipinski definition) is 0. The van der Waals surface area contributed by atoms with Gasteiger partial charge in [0.1, 0.15) is 11.6 Å². The Morgan fingerprint density at radius 1 is 1.06 bits per heavy atom. The van der Waals surface area contributed by atoms with Gasteiger partial charge in [-0.2, -0.15) is 0 Å². The SMILES string of the molecule is CC(C)c1nc2ccc(-c3ccc(OC(F)(F)F)cc3)cc2c(=O)n1C[C@H]1CCCN(C(C)C)C1. The minimum atomic E-state index is -4.74. The van der Waals surface area contributed by atoms with Crippen LogP contribution in [0, 0.1) is 5.92 Å². The van der Waals surface area contributed by atoms with Gasteiger partial charge in [-0.25, -0.2) is 4.98 Å². The molecule has 1 aliphatic heterocycles. The van der Waals surface area contributed by atoms with Gasteiger partial charge in [0, 0.05) is 25.0 Å². The molecule has 0 aliphatic carbocycles. The van der Waals surface area contributed by atoms with E-state index in [0.29, 0.717) is 35.0 Å². The van der Waals surface area contributed by atoms with E-state index in [1.807, 2.05) is 30.5 Å². The van der Waals surface area contributed by atoms with E-state index in [4.69, 9.17) is 4.98 Å². The fourth-order valence-corrected chi connectivity index (χ4v) is 4.86. The highest BCUT2D eigenvalue weighted by molar-refractivity contribution is 5.84. The molecule has 0 unspecified atom stereocenters. The minimum absolute atomic E-state index is 0.0701. The summed E-state index contributed by atoms with van der Waals surface area (Å²) in [5.74, 6) is 0.976. The van der Waals surface area contributed by atoms with Gasteiger partial charge in [-0.3, -0.25) is 9.36 Å². The van der Waals surface area contributed by atoms with Crippen LogP contribution < -0.4 is 10.3 Å². The fraction of sp³-hybridized carbons (Fsp3) is 0.481. The maximum absolute atomic E-state index is 13.7. The summed E-state index contributed by atoms with van der Waals surface area (Å²) in [6.07, 6.45) is -2.54. The molecule has 3 aromatic rings. The highest BCUT2D eigenvalue weighted by Gasteiger charge is 2.31. The van der Waals surface area contributed by atoms with Crippen molar-refractivity contribution in [2.24, 2.45) is 5.92 Å². The van der Waals surface area contributed by atoms with Gasteiger partial charge in [-0.1, -0.05) is 32.0 Å². The summed E-state index contributed by atoms with van der Waals surface area (Å²) in [5, 5.41) is 0.513. The van der Waals surface area contributed by atoms with Crippen LogP contribution >= 0.6 is 0 Å². The zero-order chi connectivity index (χ0) is 25.3. The Morgan fingerprint density at radius 2 is 1.74 bits per heavy atom. The van der Waals surface area contributed by atoms with Gasteiger partial charge in [-0.05, 0) is 74.5 Å². The monoisotopic (exact) mass is 487 g/mol. The van der Waals surface area contributed by atoms with Gasteiger partial charge in [-0.15, -0.1) is 13.2 Å². The lowest BCUT2D eigenvalue weighted by molar-refractivity contribution is -0.274. The molecule has 8 heteroatoms. The van der Waals surface area contributed by atoms with E-state index in [9.17, 15) is 18.0 Å². The third-order valence-corrected chi connectivity index (χ3v) is 6.64. The van der Waals surface area contributed by atoms with E-state index < -0.39 is 6.36 Å². The Labute approximate surface area is 203 Å². The quantitative estimate of drug-likeness (QED) is 0.415. The molecule has 0 N–H and O–H groups in total. The Balaban J connectivity index is 1.69. The Morgan fingerprint density at radius 3 is 2.37 bits per heavy atom. The number of benzene rings is 2. The third kappa shape index (κ3) is 5.86. The van der Waals surface area contributed by atoms with Crippen LogP contribution in [0.25, 0.3) is 22.0 Å². The number of fused-ring (bicyclic) bond motifs is 1. The average molecular weight is 488 g/mol. The smallest absolute Gasteiger partial charge is 0.406 e. The molecule has 1 aliphatic rings. The van der Waals surface area contributed by atoms with Gasteiger partial charge in [0.05, 0.1) is 10.9 Å².